The number of likely N-dealkylation sites (tertiary alicyclic amines) is 1. The Bertz CT molecular complexity index is 528. The van der Waals surface area contributed by atoms with Gasteiger partial charge in [-0.3, -0.25) is 4.79 Å². The van der Waals surface area contributed by atoms with E-state index in [-0.39, 0.29) is 5.91 Å². The molecular weight excluding hydrogens is 300 g/mol. The molecule has 1 N–H and O–H groups in total. The largest absolute Gasteiger partial charge is 0.358 e. The number of rotatable bonds is 3. The number of carbonyl (C=O) groups excluding carboxylic acids is 1. The first-order valence-corrected chi connectivity index (χ1v) is 8.66. The molecule has 0 spiro atoms. The Kier molecular flexibility index (Phi) is 5.65. The summed E-state index contributed by atoms with van der Waals surface area (Å²) in [6, 6.07) is 4.18. The molecule has 1 aromatic carbocycles. The Morgan fingerprint density at radius 1 is 1.24 bits per heavy atom. The number of amides is 1. The molecule has 1 aliphatic heterocycles. The number of benzene rings is 1. The van der Waals surface area contributed by atoms with Crippen molar-refractivity contribution < 1.29 is 4.79 Å². The van der Waals surface area contributed by atoms with Crippen molar-refractivity contribution in [3.05, 3.63) is 28.8 Å². The predicted octanol–water partition coefficient (Wildman–Crippen LogP) is 3.66. The van der Waals surface area contributed by atoms with Crippen molar-refractivity contribution in [2.45, 2.75) is 33.6 Å². The topological polar surface area (TPSA) is 32.3 Å². The molecule has 1 aliphatic rings. The van der Waals surface area contributed by atoms with Gasteiger partial charge in [-0.05, 0) is 44.7 Å². The van der Waals surface area contributed by atoms with E-state index in [0.29, 0.717) is 5.75 Å². The zero-order chi connectivity index (χ0) is 15.4. The SMILES string of the molecule is Cc1cc(C)c(NC(=O)CSC(=S)N2CCCC2)c(C)c1. The van der Waals surface area contributed by atoms with E-state index in [1.807, 2.05) is 13.8 Å². The minimum absolute atomic E-state index is 0.0107. The van der Waals surface area contributed by atoms with E-state index >= 15 is 0 Å². The van der Waals surface area contributed by atoms with E-state index in [2.05, 4.69) is 29.3 Å². The molecule has 1 amide bonds. The third-order valence-electron chi connectivity index (χ3n) is 3.63. The van der Waals surface area contributed by atoms with Gasteiger partial charge in [-0.15, -0.1) is 0 Å². The summed E-state index contributed by atoms with van der Waals surface area (Å²) in [6.45, 7) is 8.18. The highest BCUT2D eigenvalue weighted by molar-refractivity contribution is 8.23. The number of hydrogen-bond acceptors (Lipinski definition) is 3. The molecule has 2 rings (SSSR count). The fraction of sp³-hybridized carbons (Fsp3) is 0.500. The summed E-state index contributed by atoms with van der Waals surface area (Å²) in [6.07, 6.45) is 2.41. The number of nitrogens with one attached hydrogen (secondary N) is 1. The first-order chi connectivity index (χ1) is 9.97. The first-order valence-electron chi connectivity index (χ1n) is 7.27. The molecule has 0 unspecified atom stereocenters. The minimum Gasteiger partial charge on any atom is -0.358 e. The number of carbonyl (C=O) groups is 1. The van der Waals surface area contributed by atoms with Gasteiger partial charge >= 0.3 is 0 Å². The Labute approximate surface area is 136 Å². The number of anilines is 1. The number of thiocarbonyl (C=S) groups is 1. The van der Waals surface area contributed by atoms with Crippen molar-refractivity contribution in [2.75, 3.05) is 24.2 Å². The van der Waals surface area contributed by atoms with Crippen molar-refractivity contribution >= 4 is 39.9 Å². The Balaban J connectivity index is 1.88. The summed E-state index contributed by atoms with van der Waals surface area (Å²) < 4.78 is 0.847. The molecule has 0 aromatic heterocycles. The smallest absolute Gasteiger partial charge is 0.234 e. The second-order valence-corrected chi connectivity index (χ2v) is 7.18. The number of hydrogen-bond donors (Lipinski definition) is 1. The zero-order valence-electron chi connectivity index (χ0n) is 12.9. The van der Waals surface area contributed by atoms with Crippen LogP contribution in [0.3, 0.4) is 0 Å². The van der Waals surface area contributed by atoms with E-state index in [9.17, 15) is 4.79 Å². The standard InChI is InChI=1S/C16H22N2OS2/c1-11-8-12(2)15(13(3)9-11)17-14(19)10-21-16(20)18-6-4-5-7-18/h8-9H,4-7,10H2,1-3H3,(H,17,19). The highest BCUT2D eigenvalue weighted by atomic mass is 32.2. The van der Waals surface area contributed by atoms with Crippen molar-refractivity contribution in [2.24, 2.45) is 0 Å². The monoisotopic (exact) mass is 322 g/mol. The zero-order valence-corrected chi connectivity index (χ0v) is 14.5. The number of nitrogens with zero attached hydrogens (tertiary/aromatic N) is 1. The fourth-order valence-corrected chi connectivity index (χ4v) is 3.72. The number of aryl methyl sites for hydroxylation is 3. The average molecular weight is 322 g/mol. The van der Waals surface area contributed by atoms with E-state index < -0.39 is 0 Å². The lowest BCUT2D eigenvalue weighted by Crippen LogP contribution is -2.25. The van der Waals surface area contributed by atoms with Crippen LogP contribution in [0.15, 0.2) is 12.1 Å². The van der Waals surface area contributed by atoms with E-state index in [0.717, 1.165) is 34.2 Å². The highest BCUT2D eigenvalue weighted by Crippen LogP contribution is 2.22. The van der Waals surface area contributed by atoms with Crippen molar-refractivity contribution in [3.8, 4) is 0 Å². The molecule has 0 bridgehead atoms. The van der Waals surface area contributed by atoms with Gasteiger partial charge in [0.05, 0.1) is 5.75 Å². The quantitative estimate of drug-likeness (QED) is 0.861. The summed E-state index contributed by atoms with van der Waals surface area (Å²) in [7, 11) is 0. The molecular formula is C16H22N2OS2. The minimum atomic E-state index is 0.0107. The fourth-order valence-electron chi connectivity index (χ4n) is 2.67. The molecule has 5 heteroatoms. The van der Waals surface area contributed by atoms with Gasteiger partial charge in [0.1, 0.15) is 4.32 Å². The molecule has 21 heavy (non-hydrogen) atoms. The molecule has 1 fully saturated rings. The molecule has 114 valence electrons. The predicted molar refractivity (Wildman–Crippen MR) is 95.1 cm³/mol. The molecule has 3 nitrogen and oxygen atoms in total. The molecule has 1 aromatic rings. The van der Waals surface area contributed by atoms with Crippen molar-refractivity contribution in [3.63, 3.8) is 0 Å². The lowest BCUT2D eigenvalue weighted by molar-refractivity contribution is -0.113. The van der Waals surface area contributed by atoms with Gasteiger partial charge in [0.15, 0.2) is 0 Å². The summed E-state index contributed by atoms with van der Waals surface area (Å²) in [5, 5.41) is 3.01. The van der Waals surface area contributed by atoms with Gasteiger partial charge in [0, 0.05) is 18.8 Å². The summed E-state index contributed by atoms with van der Waals surface area (Å²) in [5.41, 5.74) is 4.35. The van der Waals surface area contributed by atoms with E-state index in [1.165, 1.54) is 30.2 Å². The second-order valence-electron chi connectivity index (χ2n) is 5.57. The van der Waals surface area contributed by atoms with Gasteiger partial charge in [-0.1, -0.05) is 41.7 Å². The summed E-state index contributed by atoms with van der Waals surface area (Å²) in [4.78, 5) is 14.3. The van der Waals surface area contributed by atoms with Gasteiger partial charge in [-0.2, -0.15) is 0 Å². The summed E-state index contributed by atoms with van der Waals surface area (Å²) >= 11 is 6.84. The van der Waals surface area contributed by atoms with E-state index in [1.54, 1.807) is 0 Å². The third-order valence-corrected chi connectivity index (χ3v) is 5.16. The van der Waals surface area contributed by atoms with Gasteiger partial charge in [-0.25, -0.2) is 0 Å². The van der Waals surface area contributed by atoms with Crippen LogP contribution in [0, 0.1) is 20.8 Å². The van der Waals surface area contributed by atoms with Crippen LogP contribution in [0.2, 0.25) is 0 Å². The molecule has 0 saturated carbocycles. The Hall–Kier alpha value is -1.07. The summed E-state index contributed by atoms with van der Waals surface area (Å²) in [5.74, 6) is 0.388. The molecule has 0 radical (unpaired) electrons. The highest BCUT2D eigenvalue weighted by Gasteiger charge is 2.16. The van der Waals surface area contributed by atoms with Crippen LogP contribution in [-0.4, -0.2) is 34.0 Å². The van der Waals surface area contributed by atoms with Crippen LogP contribution in [-0.2, 0) is 4.79 Å². The van der Waals surface area contributed by atoms with Crippen LogP contribution in [0.25, 0.3) is 0 Å². The maximum atomic E-state index is 12.1. The van der Waals surface area contributed by atoms with Crippen LogP contribution in [0.1, 0.15) is 29.5 Å². The molecule has 0 atom stereocenters. The third kappa shape index (κ3) is 4.45. The lowest BCUT2D eigenvalue weighted by Gasteiger charge is -2.17. The van der Waals surface area contributed by atoms with Gasteiger partial charge in [0.25, 0.3) is 0 Å². The van der Waals surface area contributed by atoms with Crippen LogP contribution in [0.5, 0.6) is 0 Å². The normalized spacial score (nSPS) is 14.3. The average Bonchev–Trinajstić information content (AvgIpc) is 2.94. The Morgan fingerprint density at radius 2 is 1.81 bits per heavy atom. The van der Waals surface area contributed by atoms with E-state index in [4.69, 9.17) is 12.2 Å². The van der Waals surface area contributed by atoms with Gasteiger partial charge < -0.3 is 10.2 Å². The van der Waals surface area contributed by atoms with Crippen LogP contribution < -0.4 is 5.32 Å². The van der Waals surface area contributed by atoms with Crippen LogP contribution >= 0.6 is 24.0 Å². The molecule has 1 heterocycles. The molecule has 0 aliphatic carbocycles. The maximum Gasteiger partial charge on any atom is 0.234 e. The van der Waals surface area contributed by atoms with Crippen molar-refractivity contribution in [1.29, 1.82) is 0 Å². The van der Waals surface area contributed by atoms with Crippen molar-refractivity contribution in [1.82, 2.24) is 4.90 Å². The lowest BCUT2D eigenvalue weighted by atomic mass is 10.1. The van der Waals surface area contributed by atoms with Crippen LogP contribution in [0.4, 0.5) is 5.69 Å². The molecule has 1 saturated heterocycles. The number of thioether (sulfide) groups is 1. The maximum absolute atomic E-state index is 12.1. The van der Waals surface area contributed by atoms with Gasteiger partial charge in [0.2, 0.25) is 5.91 Å². The second kappa shape index (κ2) is 7.27. The first kappa shape index (κ1) is 16.3. The Morgan fingerprint density at radius 3 is 2.38 bits per heavy atom.